The summed E-state index contributed by atoms with van der Waals surface area (Å²) >= 11 is 0. The number of hydrogen-bond donors (Lipinski definition) is 0. The first-order valence-corrected chi connectivity index (χ1v) is 20.9. The molecule has 14 heteroatoms. The van der Waals surface area contributed by atoms with E-state index >= 15 is 0 Å². The van der Waals surface area contributed by atoms with Gasteiger partial charge in [-0.05, 0) is 109 Å². The van der Waals surface area contributed by atoms with Gasteiger partial charge in [-0.3, -0.25) is 28.8 Å². The molecular formula is C43H66O14. The minimum absolute atomic E-state index is 0.169. The second-order valence-corrected chi connectivity index (χ2v) is 18.5. The third-order valence-corrected chi connectivity index (χ3v) is 14.2. The molecule has 8 rings (SSSR count). The fraction of sp³-hybridized carbons (Fsp3) is 0.860. The third-order valence-electron chi connectivity index (χ3n) is 14.2. The summed E-state index contributed by atoms with van der Waals surface area (Å²) in [5.74, 6) is -3.12. The number of hydrogen-bond acceptors (Lipinski definition) is 14. The molecule has 0 aliphatic heterocycles. The molecule has 0 aromatic rings. The van der Waals surface area contributed by atoms with E-state index in [0.29, 0.717) is 43.1 Å². The molecule has 0 aromatic carbocycles. The summed E-state index contributed by atoms with van der Waals surface area (Å²) in [6.45, 7) is 12.4. The fourth-order valence-electron chi connectivity index (χ4n) is 11.8. The fourth-order valence-corrected chi connectivity index (χ4v) is 11.8. The van der Waals surface area contributed by atoms with Crippen LogP contribution in [0.25, 0.3) is 0 Å². The molecule has 10 atom stereocenters. The number of methoxy groups -OCH3 is 3. The summed E-state index contributed by atoms with van der Waals surface area (Å²) in [4.78, 5) is 75.4. The van der Waals surface area contributed by atoms with Crippen molar-refractivity contribution < 1.29 is 66.7 Å². The standard InChI is InChI=1S/C24H38O8.C19H28O6/c1-7-29-17(5)31-22(27)23-9-18-8-19(10-23)12-24(11-18,13-23)32-21(26)15(3)14(2)20(25)30-16(4)28-6;1-11(15(20)23-3)12(2)16(21)25-19-8-13-5-14(9-19)7-18(6-13,10-19)17(22)24-4/h14-19H,7-13H2,1-6H3;11-14H,5-10H2,1-4H3. The van der Waals surface area contributed by atoms with Crippen LogP contribution in [0.5, 0.6) is 0 Å². The monoisotopic (exact) mass is 806 g/mol. The molecule has 0 spiro atoms. The number of esters is 6. The molecule has 0 radical (unpaired) electrons. The molecule has 57 heavy (non-hydrogen) atoms. The average molecular weight is 807 g/mol. The van der Waals surface area contributed by atoms with E-state index in [1.165, 1.54) is 21.3 Å². The van der Waals surface area contributed by atoms with Gasteiger partial charge in [-0.15, -0.1) is 0 Å². The van der Waals surface area contributed by atoms with Gasteiger partial charge < -0.3 is 37.9 Å². The Hall–Kier alpha value is -3.26. The van der Waals surface area contributed by atoms with Crippen LogP contribution in [0.3, 0.4) is 0 Å². The highest BCUT2D eigenvalue weighted by molar-refractivity contribution is 5.83. The van der Waals surface area contributed by atoms with Gasteiger partial charge in [-0.1, -0.05) is 27.7 Å². The molecule has 0 heterocycles. The van der Waals surface area contributed by atoms with Crippen molar-refractivity contribution in [3.63, 3.8) is 0 Å². The normalized spacial score (nSPS) is 35.9. The minimum atomic E-state index is -0.679. The van der Waals surface area contributed by atoms with Crippen molar-refractivity contribution in [3.8, 4) is 0 Å². The average Bonchev–Trinajstić information content (AvgIpc) is 3.14. The predicted molar refractivity (Wildman–Crippen MR) is 202 cm³/mol. The zero-order valence-corrected chi connectivity index (χ0v) is 35.7. The molecule has 8 aliphatic rings. The van der Waals surface area contributed by atoms with E-state index in [0.717, 1.165) is 64.2 Å². The van der Waals surface area contributed by atoms with Crippen LogP contribution in [0, 0.1) is 58.2 Å². The summed E-state index contributed by atoms with van der Waals surface area (Å²) in [5.41, 5.74) is -2.39. The molecule has 8 aliphatic carbocycles. The topological polar surface area (TPSA) is 176 Å². The van der Waals surface area contributed by atoms with Crippen LogP contribution < -0.4 is 0 Å². The SMILES string of the molecule is CCOC(C)OC(=O)C12CC3CC(CC(OC(=O)C(C)C(C)C(=O)OC(C)OC)(C3)C1)C2.COC(=O)C(C)C(C)C(=O)OC12CC3CC(C1)CC(C(=O)OC)(C3)C2. The Morgan fingerprint density at radius 1 is 0.509 bits per heavy atom. The van der Waals surface area contributed by atoms with E-state index in [9.17, 15) is 28.8 Å². The van der Waals surface area contributed by atoms with E-state index in [4.69, 9.17) is 37.9 Å². The predicted octanol–water partition coefficient (Wildman–Crippen LogP) is 6.09. The maximum atomic E-state index is 13.2. The summed E-state index contributed by atoms with van der Waals surface area (Å²) in [6, 6.07) is 0. The van der Waals surface area contributed by atoms with Gasteiger partial charge >= 0.3 is 35.8 Å². The van der Waals surface area contributed by atoms with Gasteiger partial charge in [0.1, 0.15) is 11.2 Å². The molecular weight excluding hydrogens is 740 g/mol. The molecule has 0 saturated heterocycles. The number of carbonyl (C=O) groups is 6. The van der Waals surface area contributed by atoms with Crippen LogP contribution in [0.4, 0.5) is 0 Å². The van der Waals surface area contributed by atoms with Gasteiger partial charge in [0, 0.05) is 26.6 Å². The molecule has 0 amide bonds. The van der Waals surface area contributed by atoms with Gasteiger partial charge in [0.25, 0.3) is 0 Å². The third kappa shape index (κ3) is 9.47. The lowest BCUT2D eigenvalue weighted by Crippen LogP contribution is -2.60. The van der Waals surface area contributed by atoms with Crippen LogP contribution in [0.1, 0.15) is 126 Å². The number of carbonyl (C=O) groups excluding carboxylic acids is 6. The van der Waals surface area contributed by atoms with Crippen LogP contribution in [0.2, 0.25) is 0 Å². The lowest BCUT2D eigenvalue weighted by molar-refractivity contribution is -0.226. The smallest absolute Gasteiger partial charge is 0.314 e. The molecule has 0 aromatic heterocycles. The van der Waals surface area contributed by atoms with Crippen LogP contribution >= 0.6 is 0 Å². The zero-order chi connectivity index (χ0) is 42.1. The Balaban J connectivity index is 0.000000224. The van der Waals surface area contributed by atoms with E-state index in [-0.39, 0.29) is 17.9 Å². The Morgan fingerprint density at radius 2 is 0.912 bits per heavy atom. The van der Waals surface area contributed by atoms with E-state index < -0.39 is 76.2 Å². The first kappa shape index (κ1) is 44.8. The van der Waals surface area contributed by atoms with Crippen molar-refractivity contribution in [2.24, 2.45) is 58.2 Å². The van der Waals surface area contributed by atoms with Crippen molar-refractivity contribution in [1.82, 2.24) is 0 Å². The first-order valence-electron chi connectivity index (χ1n) is 20.9. The van der Waals surface area contributed by atoms with Gasteiger partial charge in [0.05, 0.1) is 48.7 Å². The van der Waals surface area contributed by atoms with E-state index in [1.807, 2.05) is 6.92 Å². The Labute approximate surface area is 337 Å². The van der Waals surface area contributed by atoms with Gasteiger partial charge in [-0.25, -0.2) is 0 Å². The summed E-state index contributed by atoms with van der Waals surface area (Å²) < 4.78 is 43.1. The number of rotatable bonds is 15. The van der Waals surface area contributed by atoms with Crippen molar-refractivity contribution in [2.75, 3.05) is 27.9 Å². The highest BCUT2D eigenvalue weighted by Crippen LogP contribution is 2.64. The van der Waals surface area contributed by atoms with Crippen molar-refractivity contribution in [3.05, 3.63) is 0 Å². The van der Waals surface area contributed by atoms with Crippen molar-refractivity contribution in [1.29, 1.82) is 0 Å². The summed E-state index contributed by atoms with van der Waals surface area (Å²) in [6.07, 6.45) is 8.27. The van der Waals surface area contributed by atoms with Crippen molar-refractivity contribution >= 4 is 35.8 Å². The van der Waals surface area contributed by atoms with Gasteiger partial charge in [0.2, 0.25) is 0 Å². The van der Waals surface area contributed by atoms with Crippen LogP contribution in [-0.4, -0.2) is 87.5 Å². The van der Waals surface area contributed by atoms with Gasteiger partial charge in [-0.2, -0.15) is 0 Å². The Morgan fingerprint density at radius 3 is 1.30 bits per heavy atom. The maximum Gasteiger partial charge on any atom is 0.314 e. The van der Waals surface area contributed by atoms with Crippen molar-refractivity contribution in [2.45, 2.75) is 149 Å². The molecule has 8 fully saturated rings. The second-order valence-electron chi connectivity index (χ2n) is 18.5. The summed E-state index contributed by atoms with van der Waals surface area (Å²) in [7, 11) is 4.19. The Kier molecular flexibility index (Phi) is 13.8. The van der Waals surface area contributed by atoms with Gasteiger partial charge in [0.15, 0.2) is 12.6 Å². The summed E-state index contributed by atoms with van der Waals surface area (Å²) in [5, 5.41) is 0. The van der Waals surface area contributed by atoms with Crippen LogP contribution in [0.15, 0.2) is 0 Å². The first-order chi connectivity index (χ1) is 26.8. The molecule has 322 valence electrons. The molecule has 0 N–H and O–H groups in total. The number of ether oxygens (including phenoxy) is 8. The molecule has 10 unspecified atom stereocenters. The maximum absolute atomic E-state index is 13.2. The largest absolute Gasteiger partial charge is 0.469 e. The van der Waals surface area contributed by atoms with E-state index in [1.54, 1.807) is 41.5 Å². The highest BCUT2D eigenvalue weighted by atomic mass is 16.7. The molecule has 14 nitrogen and oxygen atoms in total. The molecule has 8 saturated carbocycles. The lowest BCUT2D eigenvalue weighted by atomic mass is 9.48. The highest BCUT2D eigenvalue weighted by Gasteiger charge is 2.64. The van der Waals surface area contributed by atoms with E-state index in [2.05, 4.69) is 0 Å². The quantitative estimate of drug-likeness (QED) is 0.106. The lowest BCUT2D eigenvalue weighted by Gasteiger charge is -2.60. The minimum Gasteiger partial charge on any atom is -0.469 e. The molecule has 8 bridgehead atoms. The second kappa shape index (κ2) is 17.5. The Bertz CT molecular complexity index is 1490. The van der Waals surface area contributed by atoms with Crippen LogP contribution in [-0.2, 0) is 66.7 Å². The zero-order valence-electron chi connectivity index (χ0n) is 35.7.